The van der Waals surface area contributed by atoms with E-state index in [-0.39, 0.29) is 0 Å². The van der Waals surface area contributed by atoms with Gasteiger partial charge in [-0.2, -0.15) is 0 Å². The predicted octanol–water partition coefficient (Wildman–Crippen LogP) is 5.52. The molecule has 0 saturated heterocycles. The van der Waals surface area contributed by atoms with Crippen LogP contribution in [0.4, 0.5) is 11.4 Å². The Hall–Kier alpha value is -2.61. The number of aromatic nitrogens is 1. The van der Waals surface area contributed by atoms with Gasteiger partial charge in [0.2, 0.25) is 0 Å². The number of hydrogen-bond donors (Lipinski definition) is 1. The minimum atomic E-state index is 0.994. The van der Waals surface area contributed by atoms with Gasteiger partial charge in [0, 0.05) is 23.1 Å². The fourth-order valence-electron chi connectivity index (χ4n) is 1.95. The molecule has 0 aliphatic carbocycles. The predicted molar refractivity (Wildman–Crippen MR) is 90.7 cm³/mol. The number of nitrogens with one attached hydrogen (secondary N) is 1. The Balaban J connectivity index is 0.000000774. The highest BCUT2D eigenvalue weighted by molar-refractivity contribution is 5.66. The molecule has 0 fully saturated rings. The molecule has 1 heterocycles. The van der Waals surface area contributed by atoms with E-state index in [1.165, 1.54) is 0 Å². The Bertz CT molecular complexity index is 631. The molecule has 1 aromatic heterocycles. The van der Waals surface area contributed by atoms with E-state index in [4.69, 9.17) is 0 Å². The Morgan fingerprint density at radius 3 is 1.90 bits per heavy atom. The molecule has 0 radical (unpaired) electrons. The van der Waals surface area contributed by atoms with Crippen molar-refractivity contribution in [2.24, 2.45) is 0 Å². The highest BCUT2D eigenvalue weighted by Gasteiger charge is 1.98. The van der Waals surface area contributed by atoms with Crippen LogP contribution < -0.4 is 5.32 Å². The number of pyridine rings is 1. The maximum atomic E-state index is 4.34. The molecule has 0 spiro atoms. The van der Waals surface area contributed by atoms with Gasteiger partial charge in [-0.25, -0.2) is 0 Å². The topological polar surface area (TPSA) is 24.9 Å². The molecule has 0 aliphatic rings. The lowest BCUT2D eigenvalue weighted by molar-refractivity contribution is 1.33. The van der Waals surface area contributed by atoms with Crippen LogP contribution in [0.2, 0.25) is 0 Å². The van der Waals surface area contributed by atoms with Crippen LogP contribution in [0.1, 0.15) is 13.8 Å². The van der Waals surface area contributed by atoms with Crippen molar-refractivity contribution in [1.29, 1.82) is 0 Å². The van der Waals surface area contributed by atoms with Crippen molar-refractivity contribution in [1.82, 2.24) is 4.98 Å². The number of benzene rings is 2. The van der Waals surface area contributed by atoms with Gasteiger partial charge in [-0.15, -0.1) is 0 Å². The summed E-state index contributed by atoms with van der Waals surface area (Å²) in [5.74, 6) is 0. The van der Waals surface area contributed by atoms with Gasteiger partial charge >= 0.3 is 0 Å². The van der Waals surface area contributed by atoms with Crippen molar-refractivity contribution in [3.05, 3.63) is 79.0 Å². The molecule has 0 bridgehead atoms. The van der Waals surface area contributed by atoms with E-state index in [9.17, 15) is 0 Å². The van der Waals surface area contributed by atoms with E-state index in [0.717, 1.165) is 22.6 Å². The lowest BCUT2D eigenvalue weighted by Crippen LogP contribution is -1.89. The van der Waals surface area contributed by atoms with Crippen molar-refractivity contribution in [3.63, 3.8) is 0 Å². The second-order valence-corrected chi connectivity index (χ2v) is 4.28. The van der Waals surface area contributed by atoms with Gasteiger partial charge in [-0.05, 0) is 36.4 Å². The van der Waals surface area contributed by atoms with Gasteiger partial charge in [0.05, 0.1) is 5.69 Å². The molecule has 0 atom stereocenters. The summed E-state index contributed by atoms with van der Waals surface area (Å²) >= 11 is 0. The number of para-hydroxylation sites is 1. The van der Waals surface area contributed by atoms with Gasteiger partial charge in [0.1, 0.15) is 0 Å². The SMILES string of the molecule is CC.c1ccc(Nc2ccc(-c3ccccn3)cc2)cc1. The van der Waals surface area contributed by atoms with E-state index < -0.39 is 0 Å². The lowest BCUT2D eigenvalue weighted by atomic mass is 10.1. The highest BCUT2D eigenvalue weighted by Crippen LogP contribution is 2.21. The Kier molecular flexibility index (Phi) is 5.53. The maximum Gasteiger partial charge on any atom is 0.0701 e. The number of hydrogen-bond acceptors (Lipinski definition) is 2. The van der Waals surface area contributed by atoms with Crippen molar-refractivity contribution in [3.8, 4) is 11.3 Å². The van der Waals surface area contributed by atoms with Crippen LogP contribution in [0.25, 0.3) is 11.3 Å². The quantitative estimate of drug-likeness (QED) is 0.681. The fourth-order valence-corrected chi connectivity index (χ4v) is 1.95. The summed E-state index contributed by atoms with van der Waals surface area (Å²) in [6, 6.07) is 24.4. The fraction of sp³-hybridized carbons (Fsp3) is 0.105. The smallest absolute Gasteiger partial charge is 0.0701 e. The summed E-state index contributed by atoms with van der Waals surface area (Å²) in [6.45, 7) is 4.00. The van der Waals surface area contributed by atoms with Crippen LogP contribution in [-0.2, 0) is 0 Å². The molecular formula is C19H20N2. The summed E-state index contributed by atoms with van der Waals surface area (Å²) in [4.78, 5) is 4.34. The molecule has 0 aliphatic heterocycles. The zero-order valence-electron chi connectivity index (χ0n) is 12.5. The van der Waals surface area contributed by atoms with Crippen molar-refractivity contribution in [2.45, 2.75) is 13.8 Å². The second-order valence-electron chi connectivity index (χ2n) is 4.28. The Morgan fingerprint density at radius 1 is 0.667 bits per heavy atom. The van der Waals surface area contributed by atoms with Gasteiger partial charge < -0.3 is 5.32 Å². The van der Waals surface area contributed by atoms with E-state index in [0.29, 0.717) is 0 Å². The van der Waals surface area contributed by atoms with E-state index in [1.54, 1.807) is 0 Å². The van der Waals surface area contributed by atoms with E-state index >= 15 is 0 Å². The number of anilines is 2. The second kappa shape index (κ2) is 7.85. The van der Waals surface area contributed by atoms with Crippen LogP contribution in [0.3, 0.4) is 0 Å². The minimum Gasteiger partial charge on any atom is -0.356 e. The minimum absolute atomic E-state index is 0.994. The Morgan fingerprint density at radius 2 is 1.29 bits per heavy atom. The monoisotopic (exact) mass is 276 g/mol. The molecule has 0 saturated carbocycles. The van der Waals surface area contributed by atoms with Crippen LogP contribution in [0.15, 0.2) is 79.0 Å². The van der Waals surface area contributed by atoms with Crippen LogP contribution in [0, 0.1) is 0 Å². The molecule has 3 aromatic rings. The standard InChI is InChI=1S/C17H14N2.C2H6/c1-2-6-15(7-3-1)19-16-11-9-14(10-12-16)17-8-4-5-13-18-17;1-2/h1-13,19H;1-2H3. The van der Waals surface area contributed by atoms with Crippen molar-refractivity contribution >= 4 is 11.4 Å². The van der Waals surface area contributed by atoms with Crippen molar-refractivity contribution in [2.75, 3.05) is 5.32 Å². The zero-order valence-corrected chi connectivity index (χ0v) is 12.5. The molecule has 1 N–H and O–H groups in total. The zero-order chi connectivity index (χ0) is 14.9. The van der Waals surface area contributed by atoms with Gasteiger partial charge in [0.25, 0.3) is 0 Å². The third-order valence-corrected chi connectivity index (χ3v) is 2.91. The number of nitrogens with zero attached hydrogens (tertiary/aromatic N) is 1. The molecule has 0 amide bonds. The van der Waals surface area contributed by atoms with Crippen LogP contribution in [-0.4, -0.2) is 4.98 Å². The van der Waals surface area contributed by atoms with Gasteiger partial charge in [-0.1, -0.05) is 50.2 Å². The van der Waals surface area contributed by atoms with Gasteiger partial charge in [-0.3, -0.25) is 4.98 Å². The number of rotatable bonds is 3. The molecule has 106 valence electrons. The molecule has 2 aromatic carbocycles. The third-order valence-electron chi connectivity index (χ3n) is 2.91. The summed E-state index contributed by atoms with van der Waals surface area (Å²) in [6.07, 6.45) is 1.81. The maximum absolute atomic E-state index is 4.34. The summed E-state index contributed by atoms with van der Waals surface area (Å²) in [5.41, 5.74) is 4.28. The summed E-state index contributed by atoms with van der Waals surface area (Å²) < 4.78 is 0. The first kappa shape index (κ1) is 14.8. The molecule has 3 rings (SSSR count). The van der Waals surface area contributed by atoms with E-state index in [2.05, 4.69) is 34.6 Å². The normalized spacial score (nSPS) is 9.43. The third kappa shape index (κ3) is 4.18. The van der Waals surface area contributed by atoms with E-state index in [1.807, 2.05) is 68.6 Å². The first-order chi connectivity index (χ1) is 10.4. The average molecular weight is 276 g/mol. The average Bonchev–Trinajstić information content (AvgIpc) is 2.59. The molecule has 0 unspecified atom stereocenters. The van der Waals surface area contributed by atoms with Crippen LogP contribution >= 0.6 is 0 Å². The Labute approximate surface area is 126 Å². The largest absolute Gasteiger partial charge is 0.356 e. The highest BCUT2D eigenvalue weighted by atomic mass is 14.9. The lowest BCUT2D eigenvalue weighted by Gasteiger charge is -2.07. The first-order valence-electron chi connectivity index (χ1n) is 7.25. The van der Waals surface area contributed by atoms with Gasteiger partial charge in [0.15, 0.2) is 0 Å². The van der Waals surface area contributed by atoms with Crippen molar-refractivity contribution < 1.29 is 0 Å². The summed E-state index contributed by atoms with van der Waals surface area (Å²) in [5, 5.41) is 3.36. The molecular weight excluding hydrogens is 256 g/mol. The van der Waals surface area contributed by atoms with Crippen LogP contribution in [0.5, 0.6) is 0 Å². The molecule has 2 heteroatoms. The summed E-state index contributed by atoms with van der Waals surface area (Å²) in [7, 11) is 0. The molecule has 21 heavy (non-hydrogen) atoms. The molecule has 2 nitrogen and oxygen atoms in total. The first-order valence-corrected chi connectivity index (χ1v) is 7.25.